The van der Waals surface area contributed by atoms with Gasteiger partial charge in [-0.05, 0) is 45.1 Å². The minimum atomic E-state index is 0.319. The number of rotatable bonds is 5. The Labute approximate surface area is 144 Å². The fraction of sp³-hybridized carbons (Fsp3) is 0.833. The molecule has 0 N–H and O–H groups in total. The number of aromatic nitrogens is 3. The van der Waals surface area contributed by atoms with E-state index in [0.717, 1.165) is 44.1 Å². The predicted octanol–water partition coefficient (Wildman–Crippen LogP) is 2.06. The van der Waals surface area contributed by atoms with E-state index in [4.69, 9.17) is 0 Å². The van der Waals surface area contributed by atoms with E-state index in [-0.39, 0.29) is 0 Å². The van der Waals surface area contributed by atoms with Crippen LogP contribution >= 0.6 is 0 Å². The highest BCUT2D eigenvalue weighted by Crippen LogP contribution is 2.39. The van der Waals surface area contributed by atoms with E-state index in [9.17, 15) is 4.79 Å². The summed E-state index contributed by atoms with van der Waals surface area (Å²) in [6, 6.07) is 0.889. The lowest BCUT2D eigenvalue weighted by atomic mass is 10.0. The maximum atomic E-state index is 12.3. The van der Waals surface area contributed by atoms with Crippen LogP contribution in [0, 0.1) is 0 Å². The molecule has 2 saturated heterocycles. The van der Waals surface area contributed by atoms with Gasteiger partial charge in [0.05, 0.1) is 6.54 Å². The molecule has 2 aliphatic heterocycles. The Hall–Kier alpha value is -1.43. The summed E-state index contributed by atoms with van der Waals surface area (Å²) in [6.45, 7) is 4.90. The molecule has 1 aromatic rings. The van der Waals surface area contributed by atoms with Gasteiger partial charge in [-0.3, -0.25) is 9.69 Å². The largest absolute Gasteiger partial charge is 0.338 e. The van der Waals surface area contributed by atoms with Crippen molar-refractivity contribution in [2.24, 2.45) is 7.05 Å². The molecule has 132 valence electrons. The second-order valence-corrected chi connectivity index (χ2v) is 7.64. The van der Waals surface area contributed by atoms with Crippen molar-refractivity contribution in [3.63, 3.8) is 0 Å². The minimum Gasteiger partial charge on any atom is -0.338 e. The Morgan fingerprint density at radius 2 is 1.83 bits per heavy atom. The monoisotopic (exact) mass is 331 g/mol. The second kappa shape index (κ2) is 6.47. The molecule has 4 rings (SSSR count). The lowest BCUT2D eigenvalue weighted by Crippen LogP contribution is -2.48. The number of nitrogens with zero attached hydrogens (tertiary/aromatic N) is 5. The zero-order valence-electron chi connectivity index (χ0n) is 14.9. The first-order valence-electron chi connectivity index (χ1n) is 9.60. The molecule has 3 heterocycles. The van der Waals surface area contributed by atoms with Crippen molar-refractivity contribution in [1.29, 1.82) is 0 Å². The van der Waals surface area contributed by atoms with Crippen LogP contribution in [0.1, 0.15) is 69.4 Å². The summed E-state index contributed by atoms with van der Waals surface area (Å²) in [7, 11) is 2.11. The SMILES string of the molecule is CCC(=O)N1CCC[C@@H]1[C@H]1CCCN1Cc1nnc(C2CC2)n1C. The summed E-state index contributed by atoms with van der Waals surface area (Å²) in [5.41, 5.74) is 0. The Morgan fingerprint density at radius 1 is 1.08 bits per heavy atom. The molecular formula is C18H29N5O. The number of carbonyl (C=O) groups is 1. The van der Waals surface area contributed by atoms with Gasteiger partial charge >= 0.3 is 0 Å². The maximum Gasteiger partial charge on any atom is 0.222 e. The number of likely N-dealkylation sites (tertiary alicyclic amines) is 2. The highest BCUT2D eigenvalue weighted by molar-refractivity contribution is 5.76. The van der Waals surface area contributed by atoms with Crippen molar-refractivity contribution in [3.05, 3.63) is 11.6 Å². The zero-order chi connectivity index (χ0) is 16.7. The number of hydrogen-bond donors (Lipinski definition) is 0. The summed E-state index contributed by atoms with van der Waals surface area (Å²) in [5, 5.41) is 8.88. The van der Waals surface area contributed by atoms with Gasteiger partial charge in [-0.1, -0.05) is 6.92 Å². The van der Waals surface area contributed by atoms with E-state index in [0.29, 0.717) is 30.3 Å². The molecule has 1 aromatic heterocycles. The lowest BCUT2D eigenvalue weighted by molar-refractivity contribution is -0.132. The molecular weight excluding hydrogens is 302 g/mol. The minimum absolute atomic E-state index is 0.319. The van der Waals surface area contributed by atoms with Crippen molar-refractivity contribution >= 4 is 5.91 Å². The van der Waals surface area contributed by atoms with Gasteiger partial charge in [-0.15, -0.1) is 10.2 Å². The number of carbonyl (C=O) groups excluding carboxylic acids is 1. The first-order chi connectivity index (χ1) is 11.7. The third-order valence-electron chi connectivity index (χ3n) is 6.07. The first kappa shape index (κ1) is 16.1. The van der Waals surface area contributed by atoms with Crippen LogP contribution in [-0.4, -0.2) is 55.6 Å². The normalized spacial score (nSPS) is 28.0. The Balaban J connectivity index is 1.47. The van der Waals surface area contributed by atoms with Crippen LogP contribution in [0.5, 0.6) is 0 Å². The average molecular weight is 331 g/mol. The molecule has 2 atom stereocenters. The molecule has 0 bridgehead atoms. The van der Waals surface area contributed by atoms with Crippen LogP contribution in [0.4, 0.5) is 0 Å². The summed E-state index contributed by atoms with van der Waals surface area (Å²) in [6.07, 6.45) is 7.87. The van der Waals surface area contributed by atoms with Gasteiger partial charge in [0.25, 0.3) is 0 Å². The van der Waals surface area contributed by atoms with E-state index < -0.39 is 0 Å². The molecule has 24 heavy (non-hydrogen) atoms. The molecule has 3 fully saturated rings. The fourth-order valence-electron chi connectivity index (χ4n) is 4.58. The molecule has 0 spiro atoms. The van der Waals surface area contributed by atoms with Gasteiger partial charge in [0.15, 0.2) is 0 Å². The number of hydrogen-bond acceptors (Lipinski definition) is 4. The maximum absolute atomic E-state index is 12.3. The zero-order valence-corrected chi connectivity index (χ0v) is 14.9. The molecule has 1 saturated carbocycles. The van der Waals surface area contributed by atoms with Gasteiger partial charge in [0, 0.05) is 38.0 Å². The van der Waals surface area contributed by atoms with Gasteiger partial charge in [-0.2, -0.15) is 0 Å². The molecule has 6 nitrogen and oxygen atoms in total. The molecule has 0 radical (unpaired) electrons. The Kier molecular flexibility index (Phi) is 4.33. The quantitative estimate of drug-likeness (QED) is 0.829. The standard InChI is InChI=1S/C18H29N5O/c1-3-17(24)23-11-5-7-15(23)14-6-4-10-22(14)12-16-19-20-18(21(16)2)13-8-9-13/h13-15H,3-12H2,1-2H3/t14-,15-/m1/s1. The highest BCUT2D eigenvalue weighted by Gasteiger charge is 2.39. The van der Waals surface area contributed by atoms with E-state index in [1.54, 1.807) is 0 Å². The van der Waals surface area contributed by atoms with Crippen molar-refractivity contribution in [1.82, 2.24) is 24.6 Å². The molecule has 6 heteroatoms. The summed E-state index contributed by atoms with van der Waals surface area (Å²) < 4.78 is 2.21. The van der Waals surface area contributed by atoms with Crippen LogP contribution in [0.2, 0.25) is 0 Å². The Morgan fingerprint density at radius 3 is 2.58 bits per heavy atom. The summed E-state index contributed by atoms with van der Waals surface area (Å²) in [5.74, 6) is 3.19. The van der Waals surface area contributed by atoms with Crippen LogP contribution in [0.3, 0.4) is 0 Å². The van der Waals surface area contributed by atoms with Crippen molar-refractivity contribution in [2.75, 3.05) is 13.1 Å². The van der Waals surface area contributed by atoms with Gasteiger partial charge < -0.3 is 9.47 Å². The van der Waals surface area contributed by atoms with Crippen molar-refractivity contribution < 1.29 is 4.79 Å². The van der Waals surface area contributed by atoms with Crippen molar-refractivity contribution in [2.45, 2.75) is 76.4 Å². The van der Waals surface area contributed by atoms with Gasteiger partial charge in [0.1, 0.15) is 11.6 Å². The van der Waals surface area contributed by atoms with Gasteiger partial charge in [-0.25, -0.2) is 0 Å². The molecule has 0 unspecified atom stereocenters. The lowest BCUT2D eigenvalue weighted by Gasteiger charge is -2.34. The summed E-state index contributed by atoms with van der Waals surface area (Å²) in [4.78, 5) is 17.0. The molecule has 0 aromatic carbocycles. The van der Waals surface area contributed by atoms with Crippen LogP contribution < -0.4 is 0 Å². The molecule has 1 aliphatic carbocycles. The van der Waals surface area contributed by atoms with E-state index >= 15 is 0 Å². The average Bonchev–Trinajstić information content (AvgIpc) is 2.99. The van der Waals surface area contributed by atoms with E-state index in [1.807, 2.05) is 6.92 Å². The predicted molar refractivity (Wildman–Crippen MR) is 91.4 cm³/mol. The fourth-order valence-corrected chi connectivity index (χ4v) is 4.58. The topological polar surface area (TPSA) is 54.3 Å². The summed E-state index contributed by atoms with van der Waals surface area (Å²) >= 11 is 0. The third-order valence-corrected chi connectivity index (χ3v) is 6.07. The van der Waals surface area contributed by atoms with Crippen LogP contribution in [0.25, 0.3) is 0 Å². The third kappa shape index (κ3) is 2.85. The van der Waals surface area contributed by atoms with E-state index in [1.165, 1.54) is 25.7 Å². The Bertz CT molecular complexity index is 609. The van der Waals surface area contributed by atoms with E-state index in [2.05, 4.69) is 31.6 Å². The number of amides is 1. The molecule has 3 aliphatic rings. The van der Waals surface area contributed by atoms with Crippen LogP contribution in [0.15, 0.2) is 0 Å². The van der Waals surface area contributed by atoms with Gasteiger partial charge in [0.2, 0.25) is 5.91 Å². The van der Waals surface area contributed by atoms with Crippen molar-refractivity contribution in [3.8, 4) is 0 Å². The smallest absolute Gasteiger partial charge is 0.222 e. The first-order valence-corrected chi connectivity index (χ1v) is 9.60. The van der Waals surface area contributed by atoms with Crippen LogP contribution in [-0.2, 0) is 18.4 Å². The highest BCUT2D eigenvalue weighted by atomic mass is 16.2. The second-order valence-electron chi connectivity index (χ2n) is 7.64. The molecule has 1 amide bonds.